The summed E-state index contributed by atoms with van der Waals surface area (Å²) in [5, 5.41) is 3.40. The maximum absolute atomic E-state index is 3.72. The van der Waals surface area contributed by atoms with E-state index < -0.39 is 0 Å². The molecule has 0 aromatic heterocycles. The maximum Gasteiger partial charge on any atom is 0.0132 e. The van der Waals surface area contributed by atoms with Gasteiger partial charge in [-0.1, -0.05) is 12.5 Å². The van der Waals surface area contributed by atoms with Crippen LogP contribution < -0.4 is 5.32 Å². The van der Waals surface area contributed by atoms with Crippen molar-refractivity contribution in [3.05, 3.63) is 12.7 Å². The Bertz CT molecular complexity index is 203. The summed E-state index contributed by atoms with van der Waals surface area (Å²) in [4.78, 5) is 2.72. The molecule has 1 N–H and O–H groups in total. The molecule has 0 aromatic carbocycles. The molecule has 0 amide bonds. The van der Waals surface area contributed by atoms with Crippen molar-refractivity contribution in [2.45, 2.75) is 38.1 Å². The SMILES string of the molecule is C=CCNCCN1CCCC2CCCC21. The van der Waals surface area contributed by atoms with Gasteiger partial charge in [0.1, 0.15) is 0 Å². The molecule has 86 valence electrons. The fraction of sp³-hybridized carbons (Fsp3) is 0.846. The smallest absolute Gasteiger partial charge is 0.0132 e. The van der Waals surface area contributed by atoms with E-state index in [-0.39, 0.29) is 0 Å². The number of likely N-dealkylation sites (tertiary alicyclic amines) is 1. The highest BCUT2D eigenvalue weighted by Gasteiger charge is 2.34. The van der Waals surface area contributed by atoms with Crippen molar-refractivity contribution in [1.29, 1.82) is 0 Å². The number of hydrogen-bond acceptors (Lipinski definition) is 2. The van der Waals surface area contributed by atoms with Crippen LogP contribution in [-0.4, -0.2) is 37.1 Å². The molecule has 15 heavy (non-hydrogen) atoms. The molecule has 2 heteroatoms. The van der Waals surface area contributed by atoms with Crippen LogP contribution in [0.15, 0.2) is 12.7 Å². The fourth-order valence-corrected chi connectivity index (χ4v) is 3.26. The fourth-order valence-electron chi connectivity index (χ4n) is 3.26. The van der Waals surface area contributed by atoms with E-state index in [1.54, 1.807) is 0 Å². The number of nitrogens with one attached hydrogen (secondary N) is 1. The van der Waals surface area contributed by atoms with Crippen LogP contribution in [0.5, 0.6) is 0 Å². The Kier molecular flexibility index (Phi) is 4.21. The van der Waals surface area contributed by atoms with Gasteiger partial charge in [0, 0.05) is 25.7 Å². The molecule has 0 bridgehead atoms. The lowest BCUT2D eigenvalue weighted by atomic mass is 9.92. The molecule has 2 rings (SSSR count). The van der Waals surface area contributed by atoms with E-state index in [0.717, 1.165) is 25.0 Å². The first-order chi connectivity index (χ1) is 7.42. The molecule has 2 nitrogen and oxygen atoms in total. The average molecular weight is 208 g/mol. The molecule has 1 aliphatic carbocycles. The van der Waals surface area contributed by atoms with Crippen LogP contribution in [0, 0.1) is 5.92 Å². The summed E-state index contributed by atoms with van der Waals surface area (Å²) in [5.41, 5.74) is 0. The van der Waals surface area contributed by atoms with Crippen molar-refractivity contribution in [1.82, 2.24) is 10.2 Å². The number of hydrogen-bond donors (Lipinski definition) is 1. The second kappa shape index (κ2) is 5.66. The standard InChI is InChI=1S/C13H24N2/c1-2-8-14-9-11-15-10-4-6-12-5-3-7-13(12)15/h2,12-14H,1,3-11H2. The highest BCUT2D eigenvalue weighted by molar-refractivity contribution is 4.89. The summed E-state index contributed by atoms with van der Waals surface area (Å²) < 4.78 is 0. The first-order valence-electron chi connectivity index (χ1n) is 6.47. The van der Waals surface area contributed by atoms with Gasteiger partial charge in [-0.2, -0.15) is 0 Å². The molecule has 1 heterocycles. The summed E-state index contributed by atoms with van der Waals surface area (Å²) >= 11 is 0. The van der Waals surface area contributed by atoms with E-state index >= 15 is 0 Å². The van der Waals surface area contributed by atoms with Crippen LogP contribution in [0.1, 0.15) is 32.1 Å². The van der Waals surface area contributed by atoms with Crippen LogP contribution >= 0.6 is 0 Å². The van der Waals surface area contributed by atoms with Crippen LogP contribution in [0.3, 0.4) is 0 Å². The van der Waals surface area contributed by atoms with Crippen LogP contribution in [0.4, 0.5) is 0 Å². The van der Waals surface area contributed by atoms with Crippen molar-refractivity contribution in [3.8, 4) is 0 Å². The van der Waals surface area contributed by atoms with E-state index in [4.69, 9.17) is 0 Å². The average Bonchev–Trinajstić information content (AvgIpc) is 2.73. The lowest BCUT2D eigenvalue weighted by Crippen LogP contribution is -2.45. The van der Waals surface area contributed by atoms with E-state index in [0.29, 0.717) is 0 Å². The minimum Gasteiger partial charge on any atom is -0.312 e. The second-order valence-electron chi connectivity index (χ2n) is 4.93. The van der Waals surface area contributed by atoms with Gasteiger partial charge in [0.15, 0.2) is 0 Å². The zero-order chi connectivity index (χ0) is 10.5. The molecule has 0 radical (unpaired) electrons. The van der Waals surface area contributed by atoms with Gasteiger partial charge < -0.3 is 5.32 Å². The number of nitrogens with zero attached hydrogens (tertiary/aromatic N) is 1. The second-order valence-corrected chi connectivity index (χ2v) is 4.93. The molecule has 2 unspecified atom stereocenters. The third kappa shape index (κ3) is 2.82. The number of fused-ring (bicyclic) bond motifs is 1. The molecule has 1 saturated carbocycles. The van der Waals surface area contributed by atoms with Crippen LogP contribution in [0.25, 0.3) is 0 Å². The lowest BCUT2D eigenvalue weighted by molar-refractivity contribution is 0.114. The molecular formula is C13H24N2. The van der Waals surface area contributed by atoms with Crippen molar-refractivity contribution in [2.75, 3.05) is 26.2 Å². The quantitative estimate of drug-likeness (QED) is 0.549. The Balaban J connectivity index is 1.73. The predicted octanol–water partition coefficient (Wildman–Crippen LogP) is 2.03. The van der Waals surface area contributed by atoms with Crippen LogP contribution in [-0.2, 0) is 0 Å². The zero-order valence-corrected chi connectivity index (χ0v) is 9.75. The summed E-state index contributed by atoms with van der Waals surface area (Å²) in [6.07, 6.45) is 9.25. The Hall–Kier alpha value is -0.340. The first kappa shape index (κ1) is 11.2. The maximum atomic E-state index is 3.72. The number of piperidine rings is 1. The minimum atomic E-state index is 0.921. The third-order valence-corrected chi connectivity index (χ3v) is 3.97. The monoisotopic (exact) mass is 208 g/mol. The Morgan fingerprint density at radius 1 is 1.27 bits per heavy atom. The first-order valence-corrected chi connectivity index (χ1v) is 6.47. The summed E-state index contributed by atoms with van der Waals surface area (Å²) in [7, 11) is 0. The van der Waals surface area contributed by atoms with Gasteiger partial charge in [0.2, 0.25) is 0 Å². The normalized spacial score (nSPS) is 31.5. The Labute approximate surface area is 93.7 Å². The highest BCUT2D eigenvalue weighted by Crippen LogP contribution is 2.36. The van der Waals surface area contributed by atoms with Gasteiger partial charge in [0.25, 0.3) is 0 Å². The van der Waals surface area contributed by atoms with Gasteiger partial charge >= 0.3 is 0 Å². The minimum absolute atomic E-state index is 0.921. The Morgan fingerprint density at radius 2 is 2.13 bits per heavy atom. The highest BCUT2D eigenvalue weighted by atomic mass is 15.2. The summed E-state index contributed by atoms with van der Waals surface area (Å²) in [5.74, 6) is 1.03. The third-order valence-electron chi connectivity index (χ3n) is 3.97. The van der Waals surface area contributed by atoms with Crippen molar-refractivity contribution in [2.24, 2.45) is 5.92 Å². The predicted molar refractivity (Wildman–Crippen MR) is 65.0 cm³/mol. The van der Waals surface area contributed by atoms with E-state index in [1.807, 2.05) is 6.08 Å². The van der Waals surface area contributed by atoms with E-state index in [1.165, 1.54) is 45.2 Å². The molecule has 0 aromatic rings. The number of rotatable bonds is 5. The zero-order valence-electron chi connectivity index (χ0n) is 9.75. The van der Waals surface area contributed by atoms with E-state index in [9.17, 15) is 0 Å². The van der Waals surface area contributed by atoms with Gasteiger partial charge in [-0.05, 0) is 38.1 Å². The molecule has 2 aliphatic rings. The van der Waals surface area contributed by atoms with Gasteiger partial charge in [0.05, 0.1) is 0 Å². The molecule has 1 saturated heterocycles. The topological polar surface area (TPSA) is 15.3 Å². The van der Waals surface area contributed by atoms with Crippen molar-refractivity contribution >= 4 is 0 Å². The summed E-state index contributed by atoms with van der Waals surface area (Å²) in [6.45, 7) is 8.35. The Morgan fingerprint density at radius 3 is 3.00 bits per heavy atom. The van der Waals surface area contributed by atoms with Crippen LogP contribution in [0.2, 0.25) is 0 Å². The lowest BCUT2D eigenvalue weighted by Gasteiger charge is -2.37. The molecule has 0 spiro atoms. The van der Waals surface area contributed by atoms with Gasteiger partial charge in [-0.25, -0.2) is 0 Å². The molecule has 2 atom stereocenters. The largest absolute Gasteiger partial charge is 0.312 e. The van der Waals surface area contributed by atoms with E-state index in [2.05, 4.69) is 16.8 Å². The molecule has 1 aliphatic heterocycles. The van der Waals surface area contributed by atoms with Crippen molar-refractivity contribution in [3.63, 3.8) is 0 Å². The molecular weight excluding hydrogens is 184 g/mol. The van der Waals surface area contributed by atoms with Gasteiger partial charge in [-0.3, -0.25) is 4.90 Å². The van der Waals surface area contributed by atoms with Crippen molar-refractivity contribution < 1.29 is 0 Å². The molecule has 2 fully saturated rings. The summed E-state index contributed by atoms with van der Waals surface area (Å²) in [6, 6.07) is 0.921. The van der Waals surface area contributed by atoms with Gasteiger partial charge in [-0.15, -0.1) is 6.58 Å².